The number of likely N-dealkylation sites (N-methyl/N-ethyl adjacent to an activating group) is 1. The van der Waals surface area contributed by atoms with Gasteiger partial charge in [-0.15, -0.1) is 0 Å². The highest BCUT2D eigenvalue weighted by molar-refractivity contribution is 6.40. The first-order valence-electron chi connectivity index (χ1n) is 10.3. The van der Waals surface area contributed by atoms with E-state index in [2.05, 4.69) is 60.5 Å². The average Bonchev–Trinajstić information content (AvgIpc) is 2.73. The van der Waals surface area contributed by atoms with Gasteiger partial charge in [0, 0.05) is 29.7 Å². The minimum absolute atomic E-state index is 0.317. The Hall–Kier alpha value is -1.62. The summed E-state index contributed by atoms with van der Waals surface area (Å²) in [4.78, 5) is 11.7. The van der Waals surface area contributed by atoms with Crippen molar-refractivity contribution in [3.63, 3.8) is 0 Å². The molecule has 4 rings (SSSR count). The van der Waals surface area contributed by atoms with Gasteiger partial charge in [-0.3, -0.25) is 0 Å². The maximum atomic E-state index is 6.39. The number of aromatic nitrogens is 2. The van der Waals surface area contributed by atoms with Gasteiger partial charge in [-0.2, -0.15) is 0 Å². The van der Waals surface area contributed by atoms with E-state index < -0.39 is 0 Å². The first-order chi connectivity index (χ1) is 13.9. The Labute approximate surface area is 183 Å². The molecule has 0 radical (unpaired) electrons. The molecular weight excluding hydrogens is 403 g/mol. The number of rotatable bonds is 5. The summed E-state index contributed by atoms with van der Waals surface area (Å²) < 4.78 is 0. The van der Waals surface area contributed by atoms with Crippen LogP contribution >= 0.6 is 23.2 Å². The van der Waals surface area contributed by atoms with Crippen molar-refractivity contribution in [2.75, 3.05) is 26.0 Å². The van der Waals surface area contributed by atoms with Crippen LogP contribution in [0.2, 0.25) is 0 Å². The summed E-state index contributed by atoms with van der Waals surface area (Å²) in [5, 5.41) is 4.84. The van der Waals surface area contributed by atoms with E-state index in [0.29, 0.717) is 28.8 Å². The van der Waals surface area contributed by atoms with Gasteiger partial charge in [0.05, 0.1) is 10.7 Å². The Kier molecular flexibility index (Phi) is 6.14. The molecule has 1 N–H and O–H groups in total. The minimum atomic E-state index is 0.317. The molecule has 0 aliphatic heterocycles. The molecule has 4 atom stereocenters. The largest absolute Gasteiger partial charge is 0.353 e. The number of nitrogens with one attached hydrogen (secondary N) is 1. The molecule has 6 heteroatoms. The molecule has 0 aromatic carbocycles. The summed E-state index contributed by atoms with van der Waals surface area (Å²) >= 11 is 12.6. The third kappa shape index (κ3) is 4.30. The van der Waals surface area contributed by atoms with Crippen molar-refractivity contribution in [1.29, 1.82) is 0 Å². The van der Waals surface area contributed by atoms with Crippen molar-refractivity contribution in [1.82, 2.24) is 14.9 Å². The van der Waals surface area contributed by atoms with E-state index in [9.17, 15) is 0 Å². The molecule has 0 amide bonds. The molecule has 3 aliphatic rings. The van der Waals surface area contributed by atoms with Crippen LogP contribution in [0.3, 0.4) is 0 Å². The number of hydrogen-bond acceptors (Lipinski definition) is 4. The SMILES string of the molecule is CC(CNc1ncc2c(n1)C1CC=CC=C1C(C1C=CC(Cl)=C(Cl)C1)C2)N(C)C. The zero-order valence-corrected chi connectivity index (χ0v) is 18.7. The Morgan fingerprint density at radius 1 is 1.28 bits per heavy atom. The highest BCUT2D eigenvalue weighted by Gasteiger charge is 2.37. The molecule has 1 heterocycles. The van der Waals surface area contributed by atoms with Crippen LogP contribution in [-0.4, -0.2) is 41.5 Å². The highest BCUT2D eigenvalue weighted by atomic mass is 35.5. The maximum Gasteiger partial charge on any atom is 0.222 e. The Morgan fingerprint density at radius 2 is 2.10 bits per heavy atom. The molecule has 29 heavy (non-hydrogen) atoms. The predicted molar refractivity (Wildman–Crippen MR) is 121 cm³/mol. The summed E-state index contributed by atoms with van der Waals surface area (Å²) in [5.74, 6) is 1.80. The first-order valence-corrected chi connectivity index (χ1v) is 11.0. The Bertz CT molecular complexity index is 900. The van der Waals surface area contributed by atoms with Crippen molar-refractivity contribution in [3.05, 3.63) is 63.5 Å². The fourth-order valence-corrected chi connectivity index (χ4v) is 4.77. The van der Waals surface area contributed by atoms with Crippen LogP contribution in [0.15, 0.2) is 52.2 Å². The van der Waals surface area contributed by atoms with Crippen LogP contribution in [0.25, 0.3) is 0 Å². The van der Waals surface area contributed by atoms with Gasteiger partial charge in [0.25, 0.3) is 0 Å². The van der Waals surface area contributed by atoms with E-state index in [-0.39, 0.29) is 0 Å². The second kappa shape index (κ2) is 8.63. The lowest BCUT2D eigenvalue weighted by Gasteiger charge is -2.38. The molecule has 3 aliphatic carbocycles. The molecule has 154 valence electrons. The quantitative estimate of drug-likeness (QED) is 0.692. The van der Waals surface area contributed by atoms with Crippen LogP contribution in [0.1, 0.15) is 36.9 Å². The van der Waals surface area contributed by atoms with Gasteiger partial charge >= 0.3 is 0 Å². The summed E-state index contributed by atoms with van der Waals surface area (Å²) in [7, 11) is 4.17. The fourth-order valence-electron chi connectivity index (χ4n) is 4.38. The Morgan fingerprint density at radius 3 is 2.86 bits per heavy atom. The van der Waals surface area contributed by atoms with Crippen molar-refractivity contribution in [2.45, 2.75) is 38.1 Å². The van der Waals surface area contributed by atoms with Gasteiger partial charge in [-0.05, 0) is 63.8 Å². The van der Waals surface area contributed by atoms with Crippen molar-refractivity contribution >= 4 is 29.2 Å². The molecule has 0 bridgehead atoms. The van der Waals surface area contributed by atoms with Crippen molar-refractivity contribution in [3.8, 4) is 0 Å². The minimum Gasteiger partial charge on any atom is -0.353 e. The third-order valence-electron chi connectivity index (χ3n) is 6.41. The number of anilines is 1. The summed E-state index contributed by atoms with van der Waals surface area (Å²) in [6.07, 6.45) is 15.6. The number of allylic oxidation sites excluding steroid dienone is 8. The molecule has 0 saturated heterocycles. The zero-order chi connectivity index (χ0) is 20.5. The van der Waals surface area contributed by atoms with Gasteiger partial charge in [0.2, 0.25) is 5.95 Å². The predicted octanol–water partition coefficient (Wildman–Crippen LogP) is 5.25. The second-order valence-corrected chi connectivity index (χ2v) is 9.33. The molecule has 0 spiro atoms. The number of halogens is 2. The smallest absolute Gasteiger partial charge is 0.222 e. The number of hydrogen-bond donors (Lipinski definition) is 1. The zero-order valence-electron chi connectivity index (χ0n) is 17.2. The fraction of sp³-hybridized carbons (Fsp3) is 0.478. The molecule has 0 saturated carbocycles. The Balaban J connectivity index is 1.59. The number of fused-ring (bicyclic) bond motifs is 3. The van der Waals surface area contributed by atoms with E-state index in [1.807, 2.05) is 12.3 Å². The lowest BCUT2D eigenvalue weighted by atomic mass is 9.67. The van der Waals surface area contributed by atoms with E-state index in [4.69, 9.17) is 28.2 Å². The van der Waals surface area contributed by atoms with Crippen LogP contribution in [0.4, 0.5) is 5.95 Å². The van der Waals surface area contributed by atoms with E-state index >= 15 is 0 Å². The molecule has 0 fully saturated rings. The van der Waals surface area contributed by atoms with Crippen molar-refractivity contribution in [2.24, 2.45) is 11.8 Å². The van der Waals surface area contributed by atoms with Crippen molar-refractivity contribution < 1.29 is 0 Å². The maximum absolute atomic E-state index is 6.39. The van der Waals surface area contributed by atoms with E-state index in [1.54, 1.807) is 0 Å². The summed E-state index contributed by atoms with van der Waals surface area (Å²) in [6, 6.07) is 0.412. The molecule has 1 aromatic heterocycles. The van der Waals surface area contributed by atoms with Crippen LogP contribution in [-0.2, 0) is 6.42 Å². The first kappa shape index (κ1) is 20.6. The number of nitrogens with zero attached hydrogens (tertiary/aromatic N) is 3. The molecule has 1 aromatic rings. The van der Waals surface area contributed by atoms with Gasteiger partial charge in [-0.1, -0.05) is 53.1 Å². The third-order valence-corrected chi connectivity index (χ3v) is 7.22. The van der Waals surface area contributed by atoms with E-state index in [0.717, 1.165) is 36.8 Å². The van der Waals surface area contributed by atoms with Gasteiger partial charge < -0.3 is 10.2 Å². The van der Waals surface area contributed by atoms with Crippen LogP contribution in [0.5, 0.6) is 0 Å². The van der Waals surface area contributed by atoms with Crippen LogP contribution < -0.4 is 5.32 Å². The van der Waals surface area contributed by atoms with Gasteiger partial charge in [0.1, 0.15) is 0 Å². The normalized spacial score (nSPS) is 26.8. The monoisotopic (exact) mass is 430 g/mol. The van der Waals surface area contributed by atoms with Crippen LogP contribution in [0, 0.1) is 11.8 Å². The van der Waals surface area contributed by atoms with E-state index in [1.165, 1.54) is 16.8 Å². The standard InChI is InChI=1S/C23H28Cl2N4/c1-14(29(2)3)12-26-23-27-13-16-10-19(15-8-9-20(24)21(25)11-15)17-6-4-5-7-18(17)22(16)28-23/h4-6,8-9,13-15,18-19H,7,10-12H2,1-3H3,(H,26,27,28). The lowest BCUT2D eigenvalue weighted by Crippen LogP contribution is -2.32. The summed E-state index contributed by atoms with van der Waals surface area (Å²) in [6.45, 7) is 3.01. The molecule has 4 nitrogen and oxygen atoms in total. The average molecular weight is 431 g/mol. The second-order valence-electron chi connectivity index (χ2n) is 8.47. The van der Waals surface area contributed by atoms with Gasteiger partial charge in [-0.25, -0.2) is 9.97 Å². The summed E-state index contributed by atoms with van der Waals surface area (Å²) in [5.41, 5.74) is 3.89. The lowest BCUT2D eigenvalue weighted by molar-refractivity contribution is 0.325. The molecule has 4 unspecified atom stereocenters. The highest BCUT2D eigenvalue weighted by Crippen LogP contribution is 2.47. The molecular formula is C23H28Cl2N4. The van der Waals surface area contributed by atoms with Gasteiger partial charge in [0.15, 0.2) is 0 Å². The topological polar surface area (TPSA) is 41.1 Å².